The van der Waals surface area contributed by atoms with Gasteiger partial charge in [-0.25, -0.2) is 0 Å². The van der Waals surface area contributed by atoms with E-state index in [4.69, 9.17) is 4.74 Å². The molecule has 0 aliphatic heterocycles. The van der Waals surface area contributed by atoms with Crippen molar-refractivity contribution < 1.29 is 9.53 Å². The number of benzene rings is 1. The van der Waals surface area contributed by atoms with Gasteiger partial charge < -0.3 is 9.64 Å². The fourth-order valence-electron chi connectivity index (χ4n) is 1.60. The molecule has 100 valence electrons. The Labute approximate surface area is 109 Å². The van der Waals surface area contributed by atoms with Crippen LogP contribution in [0.25, 0.3) is 0 Å². The van der Waals surface area contributed by atoms with Gasteiger partial charge in [0.1, 0.15) is 5.75 Å². The van der Waals surface area contributed by atoms with Crippen LogP contribution in [0.4, 0.5) is 0 Å². The number of nitrogens with zero attached hydrogens (tertiary/aromatic N) is 2. The zero-order valence-electron chi connectivity index (χ0n) is 11.6. The monoisotopic (exact) mass is 250 g/mol. The SMILES string of the molecule is CCOc1ccc(CN(C)CC(=O)N(C)C)cc1. The van der Waals surface area contributed by atoms with E-state index in [-0.39, 0.29) is 5.91 Å². The molecule has 4 nitrogen and oxygen atoms in total. The molecule has 0 saturated heterocycles. The molecule has 0 fully saturated rings. The maximum absolute atomic E-state index is 11.5. The Kier molecular flexibility index (Phi) is 5.65. The molecule has 1 rings (SSSR count). The van der Waals surface area contributed by atoms with Gasteiger partial charge in [-0.15, -0.1) is 0 Å². The minimum atomic E-state index is 0.114. The van der Waals surface area contributed by atoms with Gasteiger partial charge in [0.05, 0.1) is 13.2 Å². The van der Waals surface area contributed by atoms with E-state index in [2.05, 4.69) is 0 Å². The number of likely N-dealkylation sites (N-methyl/N-ethyl adjacent to an activating group) is 2. The molecule has 0 aromatic heterocycles. The summed E-state index contributed by atoms with van der Waals surface area (Å²) >= 11 is 0. The fraction of sp³-hybridized carbons (Fsp3) is 0.500. The molecule has 1 aromatic rings. The van der Waals surface area contributed by atoms with Crippen molar-refractivity contribution in [3.05, 3.63) is 29.8 Å². The Morgan fingerprint density at radius 2 is 1.78 bits per heavy atom. The second-order valence-electron chi connectivity index (χ2n) is 4.54. The van der Waals surface area contributed by atoms with Gasteiger partial charge in [-0.05, 0) is 31.7 Å². The summed E-state index contributed by atoms with van der Waals surface area (Å²) in [6.07, 6.45) is 0. The van der Waals surface area contributed by atoms with Gasteiger partial charge in [-0.3, -0.25) is 9.69 Å². The number of amides is 1. The van der Waals surface area contributed by atoms with Crippen molar-refractivity contribution in [1.82, 2.24) is 9.80 Å². The second kappa shape index (κ2) is 7.01. The molecule has 1 aromatic carbocycles. The summed E-state index contributed by atoms with van der Waals surface area (Å²) in [7, 11) is 5.48. The summed E-state index contributed by atoms with van der Waals surface area (Å²) in [6.45, 7) is 3.83. The van der Waals surface area contributed by atoms with Crippen LogP contribution in [0.2, 0.25) is 0 Å². The molecule has 0 aliphatic rings. The standard InChI is InChI=1S/C14H22N2O2/c1-5-18-13-8-6-12(7-9-13)10-16(4)11-14(17)15(2)3/h6-9H,5,10-11H2,1-4H3. The van der Waals surface area contributed by atoms with Crippen molar-refractivity contribution in [3.63, 3.8) is 0 Å². The molecular weight excluding hydrogens is 228 g/mol. The predicted molar refractivity (Wildman–Crippen MR) is 72.6 cm³/mol. The van der Waals surface area contributed by atoms with Crippen molar-refractivity contribution >= 4 is 5.91 Å². The quantitative estimate of drug-likeness (QED) is 0.769. The molecule has 18 heavy (non-hydrogen) atoms. The van der Waals surface area contributed by atoms with E-state index in [9.17, 15) is 4.79 Å². The van der Waals surface area contributed by atoms with Crippen molar-refractivity contribution in [2.24, 2.45) is 0 Å². The Morgan fingerprint density at radius 1 is 1.17 bits per heavy atom. The lowest BCUT2D eigenvalue weighted by Gasteiger charge is -2.19. The van der Waals surface area contributed by atoms with Gasteiger partial charge in [-0.1, -0.05) is 12.1 Å². The summed E-state index contributed by atoms with van der Waals surface area (Å²) < 4.78 is 5.39. The average Bonchev–Trinajstić information content (AvgIpc) is 2.31. The lowest BCUT2D eigenvalue weighted by molar-refractivity contribution is -0.129. The Bertz CT molecular complexity index is 374. The zero-order chi connectivity index (χ0) is 13.5. The molecule has 0 saturated carbocycles. The van der Waals surface area contributed by atoms with E-state index < -0.39 is 0 Å². The highest BCUT2D eigenvalue weighted by Gasteiger charge is 2.08. The highest BCUT2D eigenvalue weighted by Crippen LogP contribution is 2.13. The predicted octanol–water partition coefficient (Wildman–Crippen LogP) is 1.61. The van der Waals surface area contributed by atoms with Gasteiger partial charge >= 0.3 is 0 Å². The van der Waals surface area contributed by atoms with Crippen LogP contribution in [0.3, 0.4) is 0 Å². The average molecular weight is 250 g/mol. The van der Waals surface area contributed by atoms with Gasteiger partial charge in [0.2, 0.25) is 5.91 Å². The molecule has 0 radical (unpaired) electrons. The summed E-state index contributed by atoms with van der Waals surface area (Å²) in [6, 6.07) is 7.98. The van der Waals surface area contributed by atoms with Crippen LogP contribution in [0.5, 0.6) is 5.75 Å². The van der Waals surface area contributed by atoms with Gasteiger partial charge in [0, 0.05) is 20.6 Å². The smallest absolute Gasteiger partial charge is 0.236 e. The molecule has 0 unspecified atom stereocenters. The van der Waals surface area contributed by atoms with E-state index in [1.165, 1.54) is 5.56 Å². The summed E-state index contributed by atoms with van der Waals surface area (Å²) in [5, 5.41) is 0. The first-order valence-electron chi connectivity index (χ1n) is 6.13. The first kappa shape index (κ1) is 14.5. The summed E-state index contributed by atoms with van der Waals surface area (Å²) in [4.78, 5) is 15.2. The first-order chi connectivity index (χ1) is 8.52. The van der Waals surface area contributed by atoms with Crippen molar-refractivity contribution in [1.29, 1.82) is 0 Å². The zero-order valence-corrected chi connectivity index (χ0v) is 11.6. The molecule has 0 atom stereocenters. The fourth-order valence-corrected chi connectivity index (χ4v) is 1.60. The maximum atomic E-state index is 11.5. The van der Waals surface area contributed by atoms with Crippen LogP contribution >= 0.6 is 0 Å². The van der Waals surface area contributed by atoms with E-state index in [0.29, 0.717) is 13.2 Å². The Morgan fingerprint density at radius 3 is 2.28 bits per heavy atom. The van der Waals surface area contributed by atoms with E-state index >= 15 is 0 Å². The van der Waals surface area contributed by atoms with Crippen LogP contribution in [-0.2, 0) is 11.3 Å². The normalized spacial score (nSPS) is 10.5. The lowest BCUT2D eigenvalue weighted by Crippen LogP contribution is -2.34. The molecule has 1 amide bonds. The maximum Gasteiger partial charge on any atom is 0.236 e. The van der Waals surface area contributed by atoms with E-state index in [1.807, 2.05) is 43.1 Å². The van der Waals surface area contributed by atoms with Crippen LogP contribution in [0, 0.1) is 0 Å². The Hall–Kier alpha value is -1.55. The molecule has 0 heterocycles. The van der Waals surface area contributed by atoms with Gasteiger partial charge in [-0.2, -0.15) is 0 Å². The highest BCUT2D eigenvalue weighted by molar-refractivity contribution is 5.77. The first-order valence-corrected chi connectivity index (χ1v) is 6.13. The minimum absolute atomic E-state index is 0.114. The highest BCUT2D eigenvalue weighted by atomic mass is 16.5. The van der Waals surface area contributed by atoms with E-state index in [1.54, 1.807) is 19.0 Å². The molecule has 0 bridgehead atoms. The third-order valence-corrected chi connectivity index (χ3v) is 2.59. The molecule has 0 N–H and O–H groups in total. The number of ether oxygens (including phenoxy) is 1. The summed E-state index contributed by atoms with van der Waals surface area (Å²) in [5.41, 5.74) is 1.17. The number of rotatable bonds is 6. The van der Waals surface area contributed by atoms with E-state index in [0.717, 1.165) is 12.3 Å². The minimum Gasteiger partial charge on any atom is -0.494 e. The third-order valence-electron chi connectivity index (χ3n) is 2.59. The van der Waals surface area contributed by atoms with Crippen LogP contribution < -0.4 is 4.74 Å². The van der Waals surface area contributed by atoms with Crippen LogP contribution in [0.15, 0.2) is 24.3 Å². The van der Waals surface area contributed by atoms with Crippen molar-refractivity contribution in [3.8, 4) is 5.75 Å². The van der Waals surface area contributed by atoms with Gasteiger partial charge in [0.15, 0.2) is 0 Å². The third kappa shape index (κ3) is 4.75. The largest absolute Gasteiger partial charge is 0.494 e. The second-order valence-corrected chi connectivity index (χ2v) is 4.54. The van der Waals surface area contributed by atoms with Gasteiger partial charge in [0.25, 0.3) is 0 Å². The van der Waals surface area contributed by atoms with Crippen LogP contribution in [0.1, 0.15) is 12.5 Å². The molecule has 0 aliphatic carbocycles. The summed E-state index contributed by atoms with van der Waals surface area (Å²) in [5.74, 6) is 0.997. The number of carbonyl (C=O) groups is 1. The van der Waals surface area contributed by atoms with Crippen molar-refractivity contribution in [2.45, 2.75) is 13.5 Å². The molecular formula is C14H22N2O2. The number of hydrogen-bond donors (Lipinski definition) is 0. The Balaban J connectivity index is 2.49. The number of carbonyl (C=O) groups excluding carboxylic acids is 1. The molecule has 4 heteroatoms. The number of hydrogen-bond acceptors (Lipinski definition) is 3. The molecule has 0 spiro atoms. The van der Waals surface area contributed by atoms with Crippen LogP contribution in [-0.4, -0.2) is 50.0 Å². The van der Waals surface area contributed by atoms with Crippen molar-refractivity contribution in [2.75, 3.05) is 34.3 Å². The lowest BCUT2D eigenvalue weighted by atomic mass is 10.2. The topological polar surface area (TPSA) is 32.8 Å².